The predicted molar refractivity (Wildman–Crippen MR) is 99.8 cm³/mol. The van der Waals surface area contributed by atoms with E-state index in [1.807, 2.05) is 0 Å². The van der Waals surface area contributed by atoms with Crippen LogP contribution in [0.3, 0.4) is 0 Å². The van der Waals surface area contributed by atoms with E-state index in [2.05, 4.69) is 0 Å². The number of hydrogen-bond donors (Lipinski definition) is 1. The second-order valence-corrected chi connectivity index (χ2v) is 4.97. The third-order valence-corrected chi connectivity index (χ3v) is 3.02. The van der Waals surface area contributed by atoms with Gasteiger partial charge in [-0.3, -0.25) is 0 Å². The minimum Gasteiger partial charge on any atom is -0.493 e. The van der Waals surface area contributed by atoms with Crippen LogP contribution in [0, 0.1) is 6.92 Å². The van der Waals surface area contributed by atoms with E-state index >= 15 is 0 Å². The van der Waals surface area contributed by atoms with E-state index in [4.69, 9.17) is 33.4 Å². The first-order valence-electron chi connectivity index (χ1n) is 14.4. The van der Waals surface area contributed by atoms with E-state index in [0.717, 1.165) is 7.11 Å². The highest BCUT2D eigenvalue weighted by Crippen LogP contribution is 2.28. The molecular weight excluding hydrogens is 316 g/mol. The predicted octanol–water partition coefficient (Wildman–Crippen LogP) is 4.16. The van der Waals surface area contributed by atoms with Crippen molar-refractivity contribution in [2.45, 2.75) is 38.6 Å². The van der Waals surface area contributed by atoms with Crippen LogP contribution in [0.5, 0.6) is 17.2 Å². The molecule has 0 amide bonds. The zero-order valence-electron chi connectivity index (χ0n) is 27.9. The van der Waals surface area contributed by atoms with Crippen molar-refractivity contribution in [2.75, 3.05) is 20.8 Å². The van der Waals surface area contributed by atoms with Gasteiger partial charge in [0.2, 0.25) is 0 Å². The minimum atomic E-state index is -3.14. The Morgan fingerprint density at radius 2 is 2.08 bits per heavy atom. The molecule has 0 aliphatic rings. The van der Waals surface area contributed by atoms with Crippen LogP contribution in [0.1, 0.15) is 49.5 Å². The first-order chi connectivity index (χ1) is 17.7. The maximum Gasteiger partial charge on any atom is 0.160 e. The van der Waals surface area contributed by atoms with Gasteiger partial charge >= 0.3 is 0 Å². The molecule has 2 aromatic carbocycles. The number of aliphatic hydroxyl groups excluding tert-OH is 1. The molecule has 0 spiro atoms. The first-order valence-corrected chi connectivity index (χ1v) is 7.44. The van der Waals surface area contributed by atoms with Crippen molar-refractivity contribution in [3.63, 3.8) is 0 Å². The highest BCUT2D eigenvalue weighted by atomic mass is 16.5. The molecule has 0 radical (unpaired) electrons. The molecule has 1 unspecified atom stereocenters. The molecule has 1 N–H and O–H groups in total. The van der Waals surface area contributed by atoms with Crippen LogP contribution >= 0.6 is 0 Å². The van der Waals surface area contributed by atoms with E-state index in [1.54, 1.807) is 0 Å². The van der Waals surface area contributed by atoms with Crippen molar-refractivity contribution < 1.29 is 38.5 Å². The highest BCUT2D eigenvalue weighted by Gasteiger charge is 2.07. The summed E-state index contributed by atoms with van der Waals surface area (Å²) in [6, 6.07) is -4.31. The van der Waals surface area contributed by atoms with Gasteiger partial charge in [0.15, 0.2) is 11.5 Å². The van der Waals surface area contributed by atoms with Gasteiger partial charge in [0.25, 0.3) is 0 Å². The molecule has 4 heteroatoms. The summed E-state index contributed by atoms with van der Waals surface area (Å²) in [4.78, 5) is 0. The Bertz CT molecular complexity index is 1200. The van der Waals surface area contributed by atoms with E-state index in [9.17, 15) is 5.11 Å². The van der Waals surface area contributed by atoms with E-state index in [0.29, 0.717) is 0 Å². The lowest BCUT2D eigenvalue weighted by Crippen LogP contribution is -2.17. The summed E-state index contributed by atoms with van der Waals surface area (Å²) >= 11 is 0. The molecule has 2 rings (SSSR count). The number of rotatable bonds is 10. The number of ether oxygens (including phenoxy) is 3. The summed E-state index contributed by atoms with van der Waals surface area (Å²) in [7, 11) is -2.08. The molecule has 0 bridgehead atoms. The summed E-state index contributed by atoms with van der Waals surface area (Å²) in [5.74, 6) is -1.78. The van der Waals surface area contributed by atoms with Crippen LogP contribution in [-0.4, -0.2) is 32.0 Å². The second-order valence-electron chi connectivity index (χ2n) is 4.97. The third-order valence-electron chi connectivity index (χ3n) is 3.02. The quantitative estimate of drug-likeness (QED) is 0.693. The first kappa shape index (κ1) is 7.58. The molecule has 0 saturated heterocycles. The largest absolute Gasteiger partial charge is 0.493 e. The molecule has 0 aliphatic carbocycles. The minimum absolute atomic E-state index is 0.0949. The van der Waals surface area contributed by atoms with Crippen molar-refractivity contribution in [1.29, 1.82) is 0 Å². The topological polar surface area (TPSA) is 47.9 Å². The highest BCUT2D eigenvalue weighted by molar-refractivity contribution is 5.42. The van der Waals surface area contributed by atoms with Crippen LogP contribution in [0.4, 0.5) is 0 Å². The van der Waals surface area contributed by atoms with Crippen LogP contribution in [0.25, 0.3) is 0 Å². The molecular formula is C21H28O4. The smallest absolute Gasteiger partial charge is 0.160 e. The van der Waals surface area contributed by atoms with Gasteiger partial charge in [-0.2, -0.15) is 0 Å². The van der Waals surface area contributed by atoms with Gasteiger partial charge in [-0.1, -0.05) is 24.5 Å². The van der Waals surface area contributed by atoms with E-state index < -0.39 is 92.6 Å². The van der Waals surface area contributed by atoms with Gasteiger partial charge in [-0.25, -0.2) is 0 Å². The standard InChI is InChI=1S/C21H28O4/c1-16-7-6-10-19(13-16)25-15-18(22)9-5-4-8-17-11-12-20(23-2)21(14-17)24-3/h6-7,10-14,18,22H,4-5,8-9,15H2,1-3H3/i3D3,4D2,6D,7D,8D2,10D,11D,12D,13D,14D. The average molecular weight is 359 g/mol. The molecule has 4 nitrogen and oxygen atoms in total. The fourth-order valence-corrected chi connectivity index (χ4v) is 1.79. The fraction of sp³-hybridized carbons (Fsp3) is 0.429. The summed E-state index contributed by atoms with van der Waals surface area (Å²) in [5.41, 5.74) is -0.840. The molecule has 0 heterocycles. The summed E-state index contributed by atoms with van der Waals surface area (Å²) in [6.07, 6.45) is -8.53. The third kappa shape index (κ3) is 6.31. The molecule has 0 aromatic heterocycles. The lowest BCUT2D eigenvalue weighted by Gasteiger charge is -2.13. The van der Waals surface area contributed by atoms with Crippen LogP contribution < -0.4 is 14.2 Å². The van der Waals surface area contributed by atoms with Crippen LogP contribution in [-0.2, 0) is 6.37 Å². The number of methoxy groups -OCH3 is 2. The lowest BCUT2D eigenvalue weighted by molar-refractivity contribution is 0.0976. The van der Waals surface area contributed by atoms with Crippen molar-refractivity contribution in [2.24, 2.45) is 0 Å². The Labute approximate surface area is 170 Å². The van der Waals surface area contributed by atoms with Crippen molar-refractivity contribution in [3.05, 3.63) is 53.4 Å². The van der Waals surface area contributed by atoms with Gasteiger partial charge < -0.3 is 19.3 Å². The van der Waals surface area contributed by atoms with Crippen molar-refractivity contribution >= 4 is 0 Å². The van der Waals surface area contributed by atoms with Crippen LogP contribution in [0.2, 0.25) is 0 Å². The normalized spacial score (nSPS) is 21.6. The number of benzene rings is 2. The molecule has 0 fully saturated rings. The maximum absolute atomic E-state index is 10.4. The molecule has 1 atom stereocenters. The monoisotopic (exact) mass is 358 g/mol. The number of hydrogen-bond acceptors (Lipinski definition) is 4. The van der Waals surface area contributed by atoms with Gasteiger partial charge in [0, 0.05) is 5.48 Å². The zero-order valence-corrected chi connectivity index (χ0v) is 13.9. The van der Waals surface area contributed by atoms with Gasteiger partial charge in [-0.05, 0) is 61.4 Å². The lowest BCUT2D eigenvalue weighted by atomic mass is 10.0. The van der Waals surface area contributed by atoms with Crippen LogP contribution in [0.15, 0.2) is 42.3 Å². The number of aliphatic hydroxyl groups is 1. The molecule has 2 aromatic rings. The molecule has 136 valence electrons. The van der Waals surface area contributed by atoms with Gasteiger partial charge in [0.1, 0.15) is 12.4 Å². The Morgan fingerprint density at radius 3 is 2.88 bits per heavy atom. The summed E-state index contributed by atoms with van der Waals surface area (Å²) < 4.78 is 126. The zero-order chi connectivity index (χ0) is 30.2. The van der Waals surface area contributed by atoms with E-state index in [-0.39, 0.29) is 23.4 Å². The Kier molecular flexibility index (Phi) is 3.02. The summed E-state index contributed by atoms with van der Waals surface area (Å²) in [5, 5.41) is 10.4. The molecule has 0 saturated carbocycles. The second kappa shape index (κ2) is 9.94. The van der Waals surface area contributed by atoms with Gasteiger partial charge in [0.05, 0.1) is 34.0 Å². The van der Waals surface area contributed by atoms with Crippen molar-refractivity contribution in [1.82, 2.24) is 0 Å². The van der Waals surface area contributed by atoms with Crippen molar-refractivity contribution in [3.8, 4) is 17.2 Å². The maximum atomic E-state index is 10.4. The Balaban J connectivity index is 2.32. The Hall–Kier alpha value is -2.20. The SMILES string of the molecule is [2H]c1c([2H])c(C)c([2H])c(OCC(O)CCC([2H])([2H])C([2H])([2H])c2c([2H])c([2H])c(OC)c(OC([2H])([2H])[2H])c2[2H])c1[2H]. The average Bonchev–Trinajstić information content (AvgIpc) is 2.83. The van der Waals surface area contributed by atoms with E-state index in [1.165, 1.54) is 6.92 Å². The molecule has 25 heavy (non-hydrogen) atoms. The van der Waals surface area contributed by atoms with Gasteiger partial charge in [-0.15, -0.1) is 0 Å². The fourth-order valence-electron chi connectivity index (χ4n) is 1.79. The molecule has 0 aliphatic heterocycles. The Morgan fingerprint density at radius 1 is 1.20 bits per heavy atom. The summed E-state index contributed by atoms with van der Waals surface area (Å²) in [6.45, 7) is 0.857.